The highest BCUT2D eigenvalue weighted by Gasteiger charge is 2.28. The van der Waals surface area contributed by atoms with Crippen LogP contribution in [0.5, 0.6) is 0 Å². The summed E-state index contributed by atoms with van der Waals surface area (Å²) in [6.45, 7) is 11.2. The number of hydrogen-bond acceptors (Lipinski definition) is 2. The molecule has 0 radical (unpaired) electrons. The second kappa shape index (κ2) is 8.41. The fraction of sp³-hybridized carbons (Fsp3) is 0.258. The van der Waals surface area contributed by atoms with Gasteiger partial charge in [-0.1, -0.05) is 101 Å². The lowest BCUT2D eigenvalue weighted by Gasteiger charge is -2.32. The van der Waals surface area contributed by atoms with Crippen LogP contribution in [0.15, 0.2) is 72.8 Å². The lowest BCUT2D eigenvalue weighted by molar-refractivity contribution is -0.255. The van der Waals surface area contributed by atoms with Gasteiger partial charge in [0.15, 0.2) is 0 Å². The molecule has 0 aliphatic heterocycles. The number of carbonyl (C=O) groups excluding carboxylic acids is 1. The van der Waals surface area contributed by atoms with Gasteiger partial charge in [0.25, 0.3) is 0 Å². The molecule has 0 fully saturated rings. The van der Waals surface area contributed by atoms with Gasteiger partial charge < -0.3 is 9.90 Å². The van der Waals surface area contributed by atoms with Gasteiger partial charge in [-0.05, 0) is 63.3 Å². The van der Waals surface area contributed by atoms with Gasteiger partial charge in [0.1, 0.15) is 0 Å². The SMILES string of the molecule is CC(C)(C)c1ccc(C2=CCC(C)(C)c3ccc(C#Cc4ccccc4C(=O)[O-])cc32)cc1. The molecule has 0 aromatic heterocycles. The quantitative estimate of drug-likeness (QED) is 0.475. The largest absolute Gasteiger partial charge is 0.545 e. The van der Waals surface area contributed by atoms with Crippen LogP contribution in [0.2, 0.25) is 0 Å². The van der Waals surface area contributed by atoms with Crippen molar-refractivity contribution in [3.63, 3.8) is 0 Å². The Morgan fingerprint density at radius 3 is 2.30 bits per heavy atom. The fourth-order valence-electron chi connectivity index (χ4n) is 4.34. The van der Waals surface area contributed by atoms with Crippen LogP contribution in [-0.4, -0.2) is 5.97 Å². The zero-order valence-corrected chi connectivity index (χ0v) is 20.0. The summed E-state index contributed by atoms with van der Waals surface area (Å²) in [5.41, 5.74) is 7.83. The highest BCUT2D eigenvalue weighted by atomic mass is 16.4. The standard InChI is InChI=1S/C31H30O2/c1-30(2,3)24-15-13-23(14-16-24)25-18-19-31(4,5)28-17-11-21(20-27(25)28)10-12-22-8-6-7-9-26(22)29(32)33/h6-9,11,13-18,20H,19H2,1-5H3,(H,32,33)/p-1. The van der Waals surface area contributed by atoms with Gasteiger partial charge in [-0.3, -0.25) is 0 Å². The molecule has 33 heavy (non-hydrogen) atoms. The number of aromatic carboxylic acids is 1. The Balaban J connectivity index is 1.76. The lowest BCUT2D eigenvalue weighted by atomic mass is 9.71. The van der Waals surface area contributed by atoms with Crippen molar-refractivity contribution in [1.82, 2.24) is 0 Å². The Labute approximate surface area is 197 Å². The number of fused-ring (bicyclic) bond motifs is 1. The summed E-state index contributed by atoms with van der Waals surface area (Å²) < 4.78 is 0. The van der Waals surface area contributed by atoms with Crippen LogP contribution in [-0.2, 0) is 10.8 Å². The minimum Gasteiger partial charge on any atom is -0.545 e. The van der Waals surface area contributed by atoms with Crippen molar-refractivity contribution in [3.05, 3.63) is 112 Å². The van der Waals surface area contributed by atoms with E-state index in [9.17, 15) is 9.90 Å². The first-order valence-corrected chi connectivity index (χ1v) is 11.3. The Bertz CT molecular complexity index is 1300. The number of allylic oxidation sites excluding steroid dienone is 1. The normalized spacial score (nSPS) is 14.5. The topological polar surface area (TPSA) is 40.1 Å². The zero-order chi connectivity index (χ0) is 23.8. The molecule has 2 heteroatoms. The molecule has 2 nitrogen and oxygen atoms in total. The average Bonchev–Trinajstić information content (AvgIpc) is 2.77. The van der Waals surface area contributed by atoms with Gasteiger partial charge in [0.2, 0.25) is 0 Å². The molecule has 1 aliphatic rings. The molecule has 0 bridgehead atoms. The summed E-state index contributed by atoms with van der Waals surface area (Å²) >= 11 is 0. The number of rotatable bonds is 2. The first kappa shape index (κ1) is 22.6. The number of hydrogen-bond donors (Lipinski definition) is 0. The van der Waals surface area contributed by atoms with E-state index in [0.717, 1.165) is 12.0 Å². The molecular weight excluding hydrogens is 404 g/mol. The third kappa shape index (κ3) is 4.64. The summed E-state index contributed by atoms with van der Waals surface area (Å²) in [5, 5.41) is 11.4. The van der Waals surface area contributed by atoms with E-state index in [-0.39, 0.29) is 16.4 Å². The van der Waals surface area contributed by atoms with E-state index < -0.39 is 5.97 Å². The van der Waals surface area contributed by atoms with E-state index in [2.05, 4.69) is 88.9 Å². The molecule has 0 unspecified atom stereocenters. The van der Waals surface area contributed by atoms with Crippen molar-refractivity contribution in [3.8, 4) is 11.8 Å². The predicted octanol–water partition coefficient (Wildman–Crippen LogP) is 5.86. The Hall–Kier alpha value is -3.57. The number of carboxylic acid groups (broad SMARTS) is 1. The number of benzene rings is 3. The minimum atomic E-state index is -1.21. The van der Waals surface area contributed by atoms with Gasteiger partial charge >= 0.3 is 0 Å². The van der Waals surface area contributed by atoms with E-state index in [1.807, 2.05) is 6.07 Å². The molecule has 0 spiro atoms. The van der Waals surface area contributed by atoms with Crippen LogP contribution in [0.3, 0.4) is 0 Å². The van der Waals surface area contributed by atoms with Crippen LogP contribution in [0, 0.1) is 11.8 Å². The maximum atomic E-state index is 11.4. The monoisotopic (exact) mass is 433 g/mol. The van der Waals surface area contributed by atoms with Crippen molar-refractivity contribution in [2.24, 2.45) is 0 Å². The van der Waals surface area contributed by atoms with Crippen molar-refractivity contribution in [2.75, 3.05) is 0 Å². The maximum Gasteiger partial charge on any atom is 0.0727 e. The molecule has 0 heterocycles. The number of carboxylic acids is 1. The van der Waals surface area contributed by atoms with Crippen LogP contribution in [0.25, 0.3) is 5.57 Å². The van der Waals surface area contributed by atoms with E-state index in [4.69, 9.17) is 0 Å². The zero-order valence-electron chi connectivity index (χ0n) is 20.0. The van der Waals surface area contributed by atoms with Crippen molar-refractivity contribution >= 4 is 11.5 Å². The van der Waals surface area contributed by atoms with Crippen LogP contribution in [0.4, 0.5) is 0 Å². The Morgan fingerprint density at radius 1 is 0.939 bits per heavy atom. The summed E-state index contributed by atoms with van der Waals surface area (Å²) in [6.07, 6.45) is 3.30. The Kier molecular flexibility index (Phi) is 5.76. The summed E-state index contributed by atoms with van der Waals surface area (Å²) in [5.74, 6) is 4.98. The molecule has 0 amide bonds. The van der Waals surface area contributed by atoms with Crippen molar-refractivity contribution < 1.29 is 9.90 Å². The van der Waals surface area contributed by atoms with Gasteiger partial charge in [0, 0.05) is 16.7 Å². The molecular formula is C31H29O2-. The van der Waals surface area contributed by atoms with Gasteiger partial charge in [-0.25, -0.2) is 0 Å². The molecule has 4 rings (SSSR count). The molecule has 0 saturated carbocycles. The summed E-state index contributed by atoms with van der Waals surface area (Å²) in [7, 11) is 0. The van der Waals surface area contributed by atoms with Gasteiger partial charge in [-0.15, -0.1) is 0 Å². The predicted molar refractivity (Wildman–Crippen MR) is 133 cm³/mol. The maximum absolute atomic E-state index is 11.4. The smallest absolute Gasteiger partial charge is 0.0727 e. The molecule has 1 aliphatic carbocycles. The molecule has 3 aromatic carbocycles. The second-order valence-electron chi connectivity index (χ2n) is 10.4. The third-order valence-corrected chi connectivity index (χ3v) is 6.41. The van der Waals surface area contributed by atoms with Gasteiger partial charge in [-0.2, -0.15) is 0 Å². The van der Waals surface area contributed by atoms with Gasteiger partial charge in [0.05, 0.1) is 5.97 Å². The third-order valence-electron chi connectivity index (χ3n) is 6.41. The van der Waals surface area contributed by atoms with Crippen molar-refractivity contribution in [1.29, 1.82) is 0 Å². The van der Waals surface area contributed by atoms with E-state index >= 15 is 0 Å². The van der Waals surface area contributed by atoms with Crippen LogP contribution in [0.1, 0.15) is 84.8 Å². The molecule has 0 saturated heterocycles. The highest BCUT2D eigenvalue weighted by Crippen LogP contribution is 2.42. The molecule has 166 valence electrons. The van der Waals surface area contributed by atoms with Crippen LogP contribution >= 0.6 is 0 Å². The van der Waals surface area contributed by atoms with E-state index in [1.54, 1.807) is 18.2 Å². The molecule has 0 N–H and O–H groups in total. The lowest BCUT2D eigenvalue weighted by Crippen LogP contribution is -2.23. The van der Waals surface area contributed by atoms with Crippen molar-refractivity contribution in [2.45, 2.75) is 51.9 Å². The van der Waals surface area contributed by atoms with E-state index in [1.165, 1.54) is 33.9 Å². The Morgan fingerprint density at radius 2 is 1.64 bits per heavy atom. The first-order chi connectivity index (χ1) is 15.6. The van der Waals surface area contributed by atoms with Crippen LogP contribution < -0.4 is 5.11 Å². The summed E-state index contributed by atoms with van der Waals surface area (Å²) in [4.78, 5) is 11.4. The fourth-order valence-corrected chi connectivity index (χ4v) is 4.34. The highest BCUT2D eigenvalue weighted by molar-refractivity contribution is 5.89. The molecule has 0 atom stereocenters. The average molecular weight is 434 g/mol. The minimum absolute atomic E-state index is 0.0394. The first-order valence-electron chi connectivity index (χ1n) is 11.3. The summed E-state index contributed by atoms with van der Waals surface area (Å²) in [6, 6.07) is 21.9. The van der Waals surface area contributed by atoms with E-state index in [0.29, 0.717) is 5.56 Å². The molecule has 3 aromatic rings. The number of carbonyl (C=O) groups is 1. The second-order valence-corrected chi connectivity index (χ2v) is 10.4.